The van der Waals surface area contributed by atoms with E-state index in [1.54, 1.807) is 22.8 Å². The zero-order chi connectivity index (χ0) is 26.1. The Bertz CT molecular complexity index is 1510. The third kappa shape index (κ3) is 4.82. The highest BCUT2D eigenvalue weighted by Crippen LogP contribution is 2.38. The largest absolute Gasteiger partial charge is 0.486 e. The molecule has 0 radical (unpaired) electrons. The summed E-state index contributed by atoms with van der Waals surface area (Å²) in [5, 5.41) is 11.5. The molecule has 2 aliphatic rings. The molecule has 9 nitrogen and oxygen atoms in total. The summed E-state index contributed by atoms with van der Waals surface area (Å²) in [6.45, 7) is 1.08. The van der Waals surface area contributed by atoms with Crippen LogP contribution >= 0.6 is 11.8 Å². The second kappa shape index (κ2) is 10.2. The summed E-state index contributed by atoms with van der Waals surface area (Å²) in [7, 11) is 0. The first-order valence-corrected chi connectivity index (χ1v) is 12.7. The molecule has 3 aromatic carbocycles. The van der Waals surface area contributed by atoms with Crippen LogP contribution in [-0.2, 0) is 4.79 Å². The molecule has 2 aliphatic heterocycles. The summed E-state index contributed by atoms with van der Waals surface area (Å²) in [4.78, 5) is 12.6. The van der Waals surface area contributed by atoms with E-state index in [0.29, 0.717) is 58.9 Å². The van der Waals surface area contributed by atoms with Crippen molar-refractivity contribution in [3.63, 3.8) is 0 Å². The molecule has 0 fully saturated rings. The molecular weight excluding hydrogens is 518 g/mol. The highest BCUT2D eigenvalue weighted by atomic mass is 32.2. The molecule has 1 N–H and O–H groups in total. The fraction of sp³-hybridized carbons (Fsp3) is 0.192. The molecule has 3 heterocycles. The first-order valence-electron chi connectivity index (χ1n) is 11.7. The number of para-hydroxylation sites is 2. The molecule has 1 atom stereocenters. The molecular formula is C26H20F2N4O5S. The first-order chi connectivity index (χ1) is 18.5. The predicted octanol–water partition coefficient (Wildman–Crippen LogP) is 4.56. The molecule has 0 aliphatic carbocycles. The van der Waals surface area contributed by atoms with Gasteiger partial charge in [0.2, 0.25) is 5.91 Å². The topological polar surface area (TPSA) is 96.7 Å². The summed E-state index contributed by atoms with van der Waals surface area (Å²) >= 11 is 1.10. The number of halogens is 2. The van der Waals surface area contributed by atoms with Gasteiger partial charge in [0.15, 0.2) is 40.1 Å². The van der Waals surface area contributed by atoms with Crippen molar-refractivity contribution in [1.29, 1.82) is 0 Å². The van der Waals surface area contributed by atoms with Gasteiger partial charge in [-0.3, -0.25) is 9.36 Å². The number of ether oxygens (including phenoxy) is 4. The molecule has 6 rings (SSSR count). The van der Waals surface area contributed by atoms with Crippen molar-refractivity contribution in [3.8, 4) is 28.7 Å². The number of hydrogen-bond donors (Lipinski definition) is 1. The standard InChI is InChI=1S/C26H20F2N4O5S/c27-15-5-7-18(17(28)11-15)29-24(33)14-38-26-31-30-25(23-13-36-19-3-1-2-4-21(19)37-23)32(26)16-6-8-20-22(12-16)35-10-9-34-20/h1-8,11-12,23H,9-10,13-14H2,(H,29,33)/t23-/m1/s1. The number of thioether (sulfide) groups is 1. The van der Waals surface area contributed by atoms with Crippen molar-refractivity contribution in [2.75, 3.05) is 30.9 Å². The van der Waals surface area contributed by atoms with Crippen molar-refractivity contribution in [2.24, 2.45) is 0 Å². The number of benzene rings is 3. The van der Waals surface area contributed by atoms with Gasteiger partial charge in [0.25, 0.3) is 0 Å². The van der Waals surface area contributed by atoms with Gasteiger partial charge in [-0.05, 0) is 36.4 Å². The van der Waals surface area contributed by atoms with Crippen molar-refractivity contribution in [1.82, 2.24) is 14.8 Å². The van der Waals surface area contributed by atoms with Crippen LogP contribution in [0.25, 0.3) is 5.69 Å². The van der Waals surface area contributed by atoms with Crippen LogP contribution < -0.4 is 24.3 Å². The summed E-state index contributed by atoms with van der Waals surface area (Å²) in [5.74, 6) is 0.670. The molecule has 194 valence electrons. The molecule has 4 aromatic rings. The van der Waals surface area contributed by atoms with E-state index in [1.807, 2.05) is 24.3 Å². The SMILES string of the molecule is O=C(CSc1nnc([C@H]2COc3ccccc3O2)n1-c1ccc2c(c1)OCCO2)Nc1ccc(F)cc1F. The van der Waals surface area contributed by atoms with Crippen LogP contribution in [0.5, 0.6) is 23.0 Å². The lowest BCUT2D eigenvalue weighted by molar-refractivity contribution is -0.113. The number of hydrogen-bond acceptors (Lipinski definition) is 8. The third-order valence-electron chi connectivity index (χ3n) is 5.78. The molecule has 0 saturated carbocycles. The Hall–Kier alpha value is -4.32. The average Bonchev–Trinajstić information content (AvgIpc) is 3.37. The zero-order valence-electron chi connectivity index (χ0n) is 19.7. The highest BCUT2D eigenvalue weighted by Gasteiger charge is 2.30. The number of nitrogens with zero attached hydrogens (tertiary/aromatic N) is 3. The van der Waals surface area contributed by atoms with E-state index in [-0.39, 0.29) is 18.0 Å². The first kappa shape index (κ1) is 24.0. The van der Waals surface area contributed by atoms with E-state index in [1.165, 1.54) is 6.07 Å². The van der Waals surface area contributed by atoms with E-state index in [2.05, 4.69) is 15.5 Å². The van der Waals surface area contributed by atoms with Crippen LogP contribution in [-0.4, -0.2) is 46.2 Å². The predicted molar refractivity (Wildman–Crippen MR) is 133 cm³/mol. The van der Waals surface area contributed by atoms with Gasteiger partial charge in [-0.2, -0.15) is 0 Å². The lowest BCUT2D eigenvalue weighted by atomic mass is 10.2. The normalized spacial score (nSPS) is 15.7. The van der Waals surface area contributed by atoms with Gasteiger partial charge < -0.3 is 24.3 Å². The summed E-state index contributed by atoms with van der Waals surface area (Å²) in [6, 6.07) is 15.7. The Morgan fingerprint density at radius 1 is 0.947 bits per heavy atom. The van der Waals surface area contributed by atoms with Crippen molar-refractivity contribution in [2.45, 2.75) is 11.3 Å². The molecule has 12 heteroatoms. The Morgan fingerprint density at radius 3 is 2.58 bits per heavy atom. The Balaban J connectivity index is 1.29. The number of aromatic nitrogens is 3. The number of anilines is 1. The van der Waals surface area contributed by atoms with Gasteiger partial charge in [0.05, 0.1) is 17.1 Å². The van der Waals surface area contributed by atoms with Crippen molar-refractivity contribution in [3.05, 3.63) is 78.1 Å². The van der Waals surface area contributed by atoms with Crippen LogP contribution in [0.3, 0.4) is 0 Å². The number of amides is 1. The van der Waals surface area contributed by atoms with Gasteiger partial charge >= 0.3 is 0 Å². The van der Waals surface area contributed by atoms with Crippen LogP contribution in [0.4, 0.5) is 14.5 Å². The minimum Gasteiger partial charge on any atom is -0.486 e. The zero-order valence-corrected chi connectivity index (χ0v) is 20.5. The average molecular weight is 539 g/mol. The van der Waals surface area contributed by atoms with Gasteiger partial charge in [0.1, 0.15) is 31.5 Å². The molecule has 0 spiro atoms. The van der Waals surface area contributed by atoms with E-state index in [4.69, 9.17) is 18.9 Å². The molecule has 0 saturated heterocycles. The minimum absolute atomic E-state index is 0.107. The maximum atomic E-state index is 14.0. The van der Waals surface area contributed by atoms with E-state index in [9.17, 15) is 13.6 Å². The Morgan fingerprint density at radius 2 is 1.74 bits per heavy atom. The monoisotopic (exact) mass is 538 g/mol. The fourth-order valence-corrected chi connectivity index (χ4v) is 4.81. The van der Waals surface area contributed by atoms with Gasteiger partial charge in [0, 0.05) is 12.1 Å². The number of rotatable bonds is 6. The van der Waals surface area contributed by atoms with Crippen LogP contribution in [0.2, 0.25) is 0 Å². The van der Waals surface area contributed by atoms with Gasteiger partial charge in [-0.1, -0.05) is 23.9 Å². The van der Waals surface area contributed by atoms with E-state index < -0.39 is 23.6 Å². The third-order valence-corrected chi connectivity index (χ3v) is 6.71. The lowest BCUT2D eigenvalue weighted by Crippen LogP contribution is -2.25. The van der Waals surface area contributed by atoms with Gasteiger partial charge in [-0.25, -0.2) is 8.78 Å². The molecule has 0 bridgehead atoms. The summed E-state index contributed by atoms with van der Waals surface area (Å²) in [6.07, 6.45) is -0.581. The van der Waals surface area contributed by atoms with E-state index >= 15 is 0 Å². The van der Waals surface area contributed by atoms with Crippen LogP contribution in [0.1, 0.15) is 11.9 Å². The second-order valence-corrected chi connectivity index (χ2v) is 9.27. The Kier molecular flexibility index (Phi) is 6.46. The Labute approximate surface area is 219 Å². The number of carbonyl (C=O) groups is 1. The van der Waals surface area contributed by atoms with E-state index in [0.717, 1.165) is 17.8 Å². The summed E-state index contributed by atoms with van der Waals surface area (Å²) in [5.41, 5.74) is 0.557. The molecule has 38 heavy (non-hydrogen) atoms. The van der Waals surface area contributed by atoms with Crippen LogP contribution in [0.15, 0.2) is 65.8 Å². The number of carbonyl (C=O) groups excluding carboxylic acids is 1. The lowest BCUT2D eigenvalue weighted by Gasteiger charge is -2.26. The van der Waals surface area contributed by atoms with Crippen molar-refractivity contribution >= 4 is 23.4 Å². The van der Waals surface area contributed by atoms with Gasteiger partial charge in [-0.15, -0.1) is 10.2 Å². The summed E-state index contributed by atoms with van der Waals surface area (Å²) < 4.78 is 52.4. The van der Waals surface area contributed by atoms with Crippen molar-refractivity contribution < 1.29 is 32.5 Å². The highest BCUT2D eigenvalue weighted by molar-refractivity contribution is 7.99. The minimum atomic E-state index is -0.861. The maximum absolute atomic E-state index is 14.0. The second-order valence-electron chi connectivity index (χ2n) is 8.33. The molecule has 1 aromatic heterocycles. The quantitative estimate of drug-likeness (QED) is 0.357. The number of nitrogens with one attached hydrogen (secondary N) is 1. The molecule has 0 unspecified atom stereocenters. The fourth-order valence-electron chi connectivity index (χ4n) is 4.05. The number of fused-ring (bicyclic) bond motifs is 2. The van der Waals surface area contributed by atoms with Crippen LogP contribution in [0, 0.1) is 11.6 Å². The molecule has 1 amide bonds. The smallest absolute Gasteiger partial charge is 0.234 e. The maximum Gasteiger partial charge on any atom is 0.234 e.